The first kappa shape index (κ1) is 13.8. The average molecular weight is 381 g/mol. The lowest BCUT2D eigenvalue weighted by Gasteiger charge is -2.16. The minimum Gasteiger partial charge on any atom is -0.383 e. The fourth-order valence-corrected chi connectivity index (χ4v) is 2.86. The maximum atomic E-state index is 6.06. The summed E-state index contributed by atoms with van der Waals surface area (Å²) in [6.45, 7) is 0. The van der Waals surface area contributed by atoms with Gasteiger partial charge in [0.1, 0.15) is 11.9 Å². The van der Waals surface area contributed by atoms with Crippen molar-refractivity contribution in [3.05, 3.63) is 39.7 Å². The maximum Gasteiger partial charge on any atom is 0.160 e. The van der Waals surface area contributed by atoms with E-state index >= 15 is 0 Å². The van der Waals surface area contributed by atoms with E-state index in [4.69, 9.17) is 15.5 Å². The highest BCUT2D eigenvalue weighted by molar-refractivity contribution is 14.1. The second-order valence-electron chi connectivity index (χ2n) is 4.99. The van der Waals surface area contributed by atoms with Gasteiger partial charge in [-0.1, -0.05) is 30.3 Å². The summed E-state index contributed by atoms with van der Waals surface area (Å²) in [5.74, 6) is 1.76. The normalized spacial score (nSPS) is 16.1. The fraction of sp³-hybridized carbons (Fsp3) is 0.333. The third-order valence-electron chi connectivity index (χ3n) is 3.50. The predicted octanol–water partition coefficient (Wildman–Crippen LogP) is 3.43. The molecular formula is C15H16IN3O. The Kier molecular flexibility index (Phi) is 3.89. The molecule has 1 fully saturated rings. The third-order valence-corrected chi connectivity index (χ3v) is 4.56. The van der Waals surface area contributed by atoms with Gasteiger partial charge in [0.15, 0.2) is 5.82 Å². The van der Waals surface area contributed by atoms with Crippen LogP contribution in [0.2, 0.25) is 0 Å². The Morgan fingerprint density at radius 3 is 2.55 bits per heavy atom. The Morgan fingerprint density at radius 1 is 1.25 bits per heavy atom. The molecule has 1 saturated carbocycles. The van der Waals surface area contributed by atoms with Gasteiger partial charge in [0.05, 0.1) is 9.26 Å². The van der Waals surface area contributed by atoms with Crippen molar-refractivity contribution >= 4 is 28.4 Å². The average Bonchev–Trinajstić information content (AvgIpc) is 3.29. The molecule has 1 aliphatic carbocycles. The van der Waals surface area contributed by atoms with E-state index < -0.39 is 0 Å². The lowest BCUT2D eigenvalue weighted by Crippen LogP contribution is -2.12. The van der Waals surface area contributed by atoms with Crippen LogP contribution in [-0.2, 0) is 4.74 Å². The molecule has 0 radical (unpaired) electrons. The van der Waals surface area contributed by atoms with E-state index in [0.717, 1.165) is 14.8 Å². The lowest BCUT2D eigenvalue weighted by molar-refractivity contribution is 0.0774. The van der Waals surface area contributed by atoms with Gasteiger partial charge in [-0.3, -0.25) is 0 Å². The number of hydrogen-bond acceptors (Lipinski definition) is 4. The number of nitrogens with two attached hydrogens (primary N) is 1. The zero-order valence-electron chi connectivity index (χ0n) is 11.2. The van der Waals surface area contributed by atoms with Gasteiger partial charge in [-0.05, 0) is 41.4 Å². The fourth-order valence-electron chi connectivity index (χ4n) is 2.30. The number of rotatable bonds is 4. The summed E-state index contributed by atoms with van der Waals surface area (Å²) in [7, 11) is 1.71. The van der Waals surface area contributed by atoms with Crippen molar-refractivity contribution in [1.82, 2.24) is 9.97 Å². The van der Waals surface area contributed by atoms with Crippen molar-refractivity contribution in [1.29, 1.82) is 0 Å². The van der Waals surface area contributed by atoms with E-state index in [9.17, 15) is 0 Å². The maximum absolute atomic E-state index is 6.06. The van der Waals surface area contributed by atoms with Crippen molar-refractivity contribution in [3.63, 3.8) is 0 Å². The summed E-state index contributed by atoms with van der Waals surface area (Å²) in [5, 5.41) is 0. The van der Waals surface area contributed by atoms with Crippen molar-refractivity contribution in [2.24, 2.45) is 5.92 Å². The molecule has 1 aromatic carbocycles. The molecule has 2 aromatic rings. The van der Waals surface area contributed by atoms with Gasteiger partial charge >= 0.3 is 0 Å². The van der Waals surface area contributed by atoms with Crippen LogP contribution in [0.4, 0.5) is 5.82 Å². The first-order valence-corrected chi connectivity index (χ1v) is 7.69. The van der Waals surface area contributed by atoms with Crippen LogP contribution >= 0.6 is 22.6 Å². The predicted molar refractivity (Wildman–Crippen MR) is 87.1 cm³/mol. The van der Waals surface area contributed by atoms with Crippen LogP contribution in [0.25, 0.3) is 11.3 Å². The molecule has 0 amide bonds. The van der Waals surface area contributed by atoms with Crippen molar-refractivity contribution in [2.45, 2.75) is 18.9 Å². The monoisotopic (exact) mass is 381 g/mol. The number of nitrogens with zero attached hydrogens (tertiary/aromatic N) is 2. The standard InChI is InChI=1S/C15H16IN3O/c1-20-13(10-7-8-10)15-18-12(11(16)14(17)19-15)9-5-3-2-4-6-9/h2-6,10,13H,7-8H2,1H3,(H2,17,18,19). The molecule has 3 rings (SSSR count). The van der Waals surface area contributed by atoms with Gasteiger partial charge in [0, 0.05) is 12.7 Å². The van der Waals surface area contributed by atoms with Crippen molar-refractivity contribution < 1.29 is 4.74 Å². The third kappa shape index (κ3) is 2.64. The molecule has 2 N–H and O–H groups in total. The van der Waals surface area contributed by atoms with Crippen LogP contribution in [0.5, 0.6) is 0 Å². The smallest absolute Gasteiger partial charge is 0.160 e. The van der Waals surface area contributed by atoms with Gasteiger partial charge < -0.3 is 10.5 Å². The number of benzene rings is 1. The van der Waals surface area contributed by atoms with Gasteiger partial charge in [-0.15, -0.1) is 0 Å². The molecule has 1 unspecified atom stereocenters. The zero-order valence-corrected chi connectivity index (χ0v) is 13.4. The quantitative estimate of drug-likeness (QED) is 0.825. The van der Waals surface area contributed by atoms with Gasteiger partial charge in [-0.25, -0.2) is 9.97 Å². The molecular weight excluding hydrogens is 365 g/mol. The number of ether oxygens (including phenoxy) is 1. The van der Waals surface area contributed by atoms with E-state index in [2.05, 4.69) is 27.6 Å². The van der Waals surface area contributed by atoms with Gasteiger partial charge in [0.25, 0.3) is 0 Å². The molecule has 0 aliphatic heterocycles. The highest BCUT2D eigenvalue weighted by atomic mass is 127. The highest BCUT2D eigenvalue weighted by Gasteiger charge is 2.35. The van der Waals surface area contributed by atoms with Crippen LogP contribution in [-0.4, -0.2) is 17.1 Å². The number of hydrogen-bond donors (Lipinski definition) is 1. The summed E-state index contributed by atoms with van der Waals surface area (Å²) in [6, 6.07) is 10.1. The topological polar surface area (TPSA) is 61.0 Å². The molecule has 0 spiro atoms. The molecule has 0 bridgehead atoms. The molecule has 4 nitrogen and oxygen atoms in total. The summed E-state index contributed by atoms with van der Waals surface area (Å²) in [4.78, 5) is 9.14. The molecule has 0 saturated heterocycles. The molecule has 1 atom stereocenters. The van der Waals surface area contributed by atoms with E-state index in [0.29, 0.717) is 17.6 Å². The highest BCUT2D eigenvalue weighted by Crippen LogP contribution is 2.42. The van der Waals surface area contributed by atoms with E-state index in [-0.39, 0.29) is 6.10 Å². The Bertz CT molecular complexity index is 614. The first-order valence-electron chi connectivity index (χ1n) is 6.62. The molecule has 1 aromatic heterocycles. The summed E-state index contributed by atoms with van der Waals surface area (Å²) >= 11 is 2.20. The van der Waals surface area contributed by atoms with Gasteiger partial charge in [0.2, 0.25) is 0 Å². The molecule has 5 heteroatoms. The minimum atomic E-state index is -0.0447. The minimum absolute atomic E-state index is 0.0447. The Labute approximate surface area is 131 Å². The number of methoxy groups -OCH3 is 1. The van der Waals surface area contributed by atoms with Crippen molar-refractivity contribution in [2.75, 3.05) is 12.8 Å². The largest absolute Gasteiger partial charge is 0.383 e. The number of nitrogen functional groups attached to an aromatic ring is 1. The van der Waals surface area contributed by atoms with Crippen LogP contribution in [0.3, 0.4) is 0 Å². The number of anilines is 1. The number of halogens is 1. The van der Waals surface area contributed by atoms with Crippen LogP contribution in [0.15, 0.2) is 30.3 Å². The first-order chi connectivity index (χ1) is 9.70. The molecule has 1 heterocycles. The van der Waals surface area contributed by atoms with Gasteiger partial charge in [-0.2, -0.15) is 0 Å². The molecule has 20 heavy (non-hydrogen) atoms. The Balaban J connectivity index is 2.08. The summed E-state index contributed by atoms with van der Waals surface area (Å²) in [6.07, 6.45) is 2.31. The van der Waals surface area contributed by atoms with Crippen LogP contribution in [0.1, 0.15) is 24.8 Å². The molecule has 104 valence electrons. The lowest BCUT2D eigenvalue weighted by atomic mass is 10.1. The second-order valence-corrected chi connectivity index (χ2v) is 6.07. The second kappa shape index (κ2) is 5.65. The SMILES string of the molecule is COC(c1nc(N)c(I)c(-c2ccccc2)n1)C1CC1. The molecule has 1 aliphatic rings. The van der Waals surface area contributed by atoms with Crippen LogP contribution < -0.4 is 5.73 Å². The van der Waals surface area contributed by atoms with E-state index in [1.54, 1.807) is 7.11 Å². The van der Waals surface area contributed by atoms with E-state index in [1.165, 1.54) is 12.8 Å². The Hall–Kier alpha value is -1.21. The zero-order chi connectivity index (χ0) is 14.1. The summed E-state index contributed by atoms with van der Waals surface area (Å²) in [5.41, 5.74) is 8.00. The van der Waals surface area contributed by atoms with Crippen LogP contribution in [0, 0.1) is 9.49 Å². The summed E-state index contributed by atoms with van der Waals surface area (Å²) < 4.78 is 6.45. The van der Waals surface area contributed by atoms with Crippen molar-refractivity contribution in [3.8, 4) is 11.3 Å². The van der Waals surface area contributed by atoms with E-state index in [1.807, 2.05) is 30.3 Å². The Morgan fingerprint density at radius 2 is 1.95 bits per heavy atom. The number of aromatic nitrogens is 2.